The Morgan fingerprint density at radius 3 is 3.11 bits per heavy atom. The number of thiazole rings is 1. The predicted octanol–water partition coefficient (Wildman–Crippen LogP) is 1.02. The Morgan fingerprint density at radius 2 is 2.42 bits per heavy atom. The molecule has 1 amide bonds. The zero-order valence-electron chi connectivity index (χ0n) is 10.7. The van der Waals surface area contributed by atoms with E-state index in [0.717, 1.165) is 17.8 Å². The molecule has 0 aliphatic carbocycles. The van der Waals surface area contributed by atoms with Crippen LogP contribution in [0.3, 0.4) is 0 Å². The molecule has 19 heavy (non-hydrogen) atoms. The highest BCUT2D eigenvalue weighted by Gasteiger charge is 2.30. The van der Waals surface area contributed by atoms with Crippen LogP contribution in [0.25, 0.3) is 0 Å². The van der Waals surface area contributed by atoms with Crippen molar-refractivity contribution < 1.29 is 19.4 Å². The van der Waals surface area contributed by atoms with E-state index in [4.69, 9.17) is 9.84 Å². The predicted molar refractivity (Wildman–Crippen MR) is 69.4 cm³/mol. The molecular weight excluding hydrogens is 268 g/mol. The summed E-state index contributed by atoms with van der Waals surface area (Å²) < 4.78 is 5.09. The fraction of sp³-hybridized carbons (Fsp3) is 0.583. The number of carbonyl (C=O) groups excluding carboxylic acids is 1. The summed E-state index contributed by atoms with van der Waals surface area (Å²) in [5.74, 6) is -1.19. The zero-order valence-corrected chi connectivity index (χ0v) is 11.5. The van der Waals surface area contributed by atoms with Crippen LogP contribution in [0.15, 0.2) is 6.20 Å². The normalized spacial score (nSPS) is 19.4. The SMILES string of the molecule is CCCc1ncc(C(=O)N2CCO[C@@H](C(=O)O)C2)s1. The molecule has 1 fully saturated rings. The number of ether oxygens (including phenoxy) is 1. The number of aryl methyl sites for hydroxylation is 1. The first-order valence-electron chi connectivity index (χ1n) is 6.20. The lowest BCUT2D eigenvalue weighted by atomic mass is 10.2. The first kappa shape index (κ1) is 14.0. The highest BCUT2D eigenvalue weighted by molar-refractivity contribution is 7.13. The number of aliphatic carboxylic acids is 1. The minimum atomic E-state index is -1.03. The van der Waals surface area contributed by atoms with Crippen molar-refractivity contribution in [1.29, 1.82) is 0 Å². The van der Waals surface area contributed by atoms with E-state index >= 15 is 0 Å². The van der Waals surface area contributed by atoms with Gasteiger partial charge < -0.3 is 14.7 Å². The lowest BCUT2D eigenvalue weighted by Crippen LogP contribution is -2.48. The van der Waals surface area contributed by atoms with E-state index in [1.165, 1.54) is 16.2 Å². The van der Waals surface area contributed by atoms with Gasteiger partial charge in [-0.3, -0.25) is 4.79 Å². The van der Waals surface area contributed by atoms with Crippen molar-refractivity contribution in [3.63, 3.8) is 0 Å². The highest BCUT2D eigenvalue weighted by Crippen LogP contribution is 2.18. The van der Waals surface area contributed by atoms with Crippen LogP contribution < -0.4 is 0 Å². The molecule has 1 aromatic rings. The van der Waals surface area contributed by atoms with Crippen molar-refractivity contribution >= 4 is 23.2 Å². The third-order valence-corrected chi connectivity index (χ3v) is 3.90. The Hall–Kier alpha value is -1.47. The topological polar surface area (TPSA) is 79.7 Å². The van der Waals surface area contributed by atoms with Gasteiger partial charge in [-0.05, 0) is 12.8 Å². The second-order valence-electron chi connectivity index (χ2n) is 4.32. The van der Waals surface area contributed by atoms with Crippen LogP contribution in [0, 0.1) is 0 Å². The Morgan fingerprint density at radius 1 is 1.63 bits per heavy atom. The Kier molecular flexibility index (Phi) is 4.49. The highest BCUT2D eigenvalue weighted by atomic mass is 32.1. The summed E-state index contributed by atoms with van der Waals surface area (Å²) in [6.45, 7) is 2.82. The molecule has 0 spiro atoms. The van der Waals surface area contributed by atoms with Crippen molar-refractivity contribution in [2.24, 2.45) is 0 Å². The maximum atomic E-state index is 12.2. The van der Waals surface area contributed by atoms with Crippen LogP contribution in [-0.4, -0.2) is 52.7 Å². The molecule has 1 saturated heterocycles. The molecule has 0 bridgehead atoms. The summed E-state index contributed by atoms with van der Waals surface area (Å²) in [5, 5.41) is 9.85. The number of amides is 1. The zero-order chi connectivity index (χ0) is 13.8. The number of carbonyl (C=O) groups is 2. The first-order valence-corrected chi connectivity index (χ1v) is 7.02. The van der Waals surface area contributed by atoms with Crippen molar-refractivity contribution in [3.05, 3.63) is 16.1 Å². The standard InChI is InChI=1S/C12H16N2O4S/c1-2-3-10-13-6-9(19-10)11(15)14-4-5-18-8(7-14)12(16)17/h6,8H,2-5,7H2,1H3,(H,16,17)/t8-/m1/s1. The van der Waals surface area contributed by atoms with Crippen LogP contribution in [0.4, 0.5) is 0 Å². The Labute approximate surface area is 115 Å². The van der Waals surface area contributed by atoms with Gasteiger partial charge in [-0.15, -0.1) is 11.3 Å². The number of morpholine rings is 1. The molecule has 104 valence electrons. The largest absolute Gasteiger partial charge is 0.479 e. The number of hydrogen-bond donors (Lipinski definition) is 1. The number of aromatic nitrogens is 1. The molecule has 2 heterocycles. The minimum absolute atomic E-state index is 0.0924. The summed E-state index contributed by atoms with van der Waals surface area (Å²) >= 11 is 1.38. The lowest BCUT2D eigenvalue weighted by molar-refractivity contribution is -0.154. The Bertz CT molecular complexity index is 474. The fourth-order valence-electron chi connectivity index (χ4n) is 1.88. The van der Waals surface area contributed by atoms with E-state index < -0.39 is 12.1 Å². The molecule has 0 radical (unpaired) electrons. The van der Waals surface area contributed by atoms with E-state index in [-0.39, 0.29) is 19.1 Å². The van der Waals surface area contributed by atoms with Gasteiger partial charge in [-0.25, -0.2) is 9.78 Å². The average molecular weight is 284 g/mol. The number of nitrogens with zero attached hydrogens (tertiary/aromatic N) is 2. The molecule has 0 saturated carbocycles. The number of carboxylic acid groups (broad SMARTS) is 1. The van der Waals surface area contributed by atoms with E-state index in [0.29, 0.717) is 11.4 Å². The molecule has 7 heteroatoms. The molecule has 1 N–H and O–H groups in total. The van der Waals surface area contributed by atoms with E-state index in [2.05, 4.69) is 11.9 Å². The van der Waals surface area contributed by atoms with Gasteiger partial charge in [-0.1, -0.05) is 6.92 Å². The molecule has 1 aliphatic heterocycles. The summed E-state index contributed by atoms with van der Waals surface area (Å²) in [5.41, 5.74) is 0. The van der Waals surface area contributed by atoms with Crippen LogP contribution >= 0.6 is 11.3 Å². The van der Waals surface area contributed by atoms with Gasteiger partial charge in [-0.2, -0.15) is 0 Å². The third-order valence-electron chi connectivity index (χ3n) is 2.86. The van der Waals surface area contributed by atoms with Gasteiger partial charge in [0.05, 0.1) is 24.4 Å². The molecular formula is C12H16N2O4S. The fourth-order valence-corrected chi connectivity index (χ4v) is 2.86. The van der Waals surface area contributed by atoms with Crippen LogP contribution in [0.2, 0.25) is 0 Å². The third kappa shape index (κ3) is 3.30. The number of carboxylic acids is 1. The van der Waals surface area contributed by atoms with Gasteiger partial charge in [0, 0.05) is 6.54 Å². The molecule has 1 atom stereocenters. The van der Waals surface area contributed by atoms with Crippen molar-refractivity contribution in [1.82, 2.24) is 9.88 Å². The molecule has 1 aromatic heterocycles. The monoisotopic (exact) mass is 284 g/mol. The molecule has 2 rings (SSSR count). The maximum Gasteiger partial charge on any atom is 0.334 e. The second kappa shape index (κ2) is 6.12. The van der Waals surface area contributed by atoms with Crippen molar-refractivity contribution in [2.45, 2.75) is 25.9 Å². The van der Waals surface area contributed by atoms with Gasteiger partial charge in [0.1, 0.15) is 4.88 Å². The van der Waals surface area contributed by atoms with E-state index in [9.17, 15) is 9.59 Å². The minimum Gasteiger partial charge on any atom is -0.479 e. The number of rotatable bonds is 4. The molecule has 6 nitrogen and oxygen atoms in total. The van der Waals surface area contributed by atoms with Gasteiger partial charge in [0.2, 0.25) is 0 Å². The second-order valence-corrected chi connectivity index (χ2v) is 5.43. The molecule has 1 aliphatic rings. The van der Waals surface area contributed by atoms with E-state index in [1.807, 2.05) is 0 Å². The van der Waals surface area contributed by atoms with Gasteiger partial charge >= 0.3 is 5.97 Å². The summed E-state index contributed by atoms with van der Waals surface area (Å²) in [7, 11) is 0. The van der Waals surface area contributed by atoms with Gasteiger partial charge in [0.15, 0.2) is 6.10 Å². The summed E-state index contributed by atoms with van der Waals surface area (Å²) in [6, 6.07) is 0. The van der Waals surface area contributed by atoms with Crippen molar-refractivity contribution in [2.75, 3.05) is 19.7 Å². The summed E-state index contributed by atoms with van der Waals surface area (Å²) in [6.07, 6.45) is 2.49. The first-order chi connectivity index (χ1) is 9.11. The number of hydrogen-bond acceptors (Lipinski definition) is 5. The molecule has 0 aromatic carbocycles. The summed E-state index contributed by atoms with van der Waals surface area (Å²) in [4.78, 5) is 29.4. The maximum absolute atomic E-state index is 12.2. The van der Waals surface area contributed by atoms with Crippen LogP contribution in [-0.2, 0) is 16.0 Å². The quantitative estimate of drug-likeness (QED) is 0.893. The van der Waals surface area contributed by atoms with Crippen LogP contribution in [0.1, 0.15) is 28.0 Å². The smallest absolute Gasteiger partial charge is 0.334 e. The van der Waals surface area contributed by atoms with Gasteiger partial charge in [0.25, 0.3) is 5.91 Å². The van der Waals surface area contributed by atoms with Crippen molar-refractivity contribution in [3.8, 4) is 0 Å². The molecule has 0 unspecified atom stereocenters. The average Bonchev–Trinajstić information content (AvgIpc) is 2.87. The van der Waals surface area contributed by atoms with Crippen LogP contribution in [0.5, 0.6) is 0 Å². The van der Waals surface area contributed by atoms with E-state index in [1.54, 1.807) is 6.20 Å². The Balaban J connectivity index is 2.03. The lowest BCUT2D eigenvalue weighted by Gasteiger charge is -2.30.